The number of hydrogen-bond donors (Lipinski definition) is 3. The molecule has 3 aromatic rings. The molecule has 216 valence electrons. The standard InChI is InChI=1S/C26H36N7O6P/c1-15(2)37-25(34)17(4)32-40(35,39-19-8-6-5-7-9-19)36-13-20-12-16(3)24(38-20)33-14-28-21-22(29-18-10-11-18)30-26(27)31-23(21)33/h5-9,14-18,20,24H,10-13H2,1-4H3,(H,32,35)(H3,27,29,30,31)/t16-,17-,20-,24+,40+/m0/s1. The van der Waals surface area contributed by atoms with Crippen LogP contribution in [0.3, 0.4) is 0 Å². The normalized spacial score (nSPS) is 23.2. The minimum Gasteiger partial charge on any atom is -0.462 e. The number of imidazole rings is 1. The Morgan fingerprint density at radius 1 is 1.23 bits per heavy atom. The molecule has 5 rings (SSSR count). The van der Waals surface area contributed by atoms with E-state index in [1.807, 2.05) is 17.6 Å². The molecule has 0 amide bonds. The molecule has 0 bridgehead atoms. The van der Waals surface area contributed by atoms with Gasteiger partial charge in [-0.15, -0.1) is 0 Å². The SMILES string of the molecule is CC(C)OC(=O)[C@H](C)N[P@@](=O)(OC[C@@H]1C[C@H](C)[C@H](n2cnc3c(NC4CC4)nc(N)nc32)O1)Oc1ccccc1. The lowest BCUT2D eigenvalue weighted by atomic mass is 10.1. The molecule has 0 unspecified atom stereocenters. The fourth-order valence-corrected chi connectivity index (χ4v) is 6.04. The predicted octanol–water partition coefficient (Wildman–Crippen LogP) is 4.04. The number of nitrogens with two attached hydrogens (primary N) is 1. The first-order valence-corrected chi connectivity index (χ1v) is 15.0. The van der Waals surface area contributed by atoms with Crippen LogP contribution in [0.15, 0.2) is 36.7 Å². The van der Waals surface area contributed by atoms with Crippen LogP contribution in [0.5, 0.6) is 5.75 Å². The lowest BCUT2D eigenvalue weighted by Gasteiger charge is -2.24. The molecule has 14 heteroatoms. The third kappa shape index (κ3) is 6.72. The number of carbonyl (C=O) groups excluding carboxylic acids is 1. The Morgan fingerprint density at radius 3 is 2.67 bits per heavy atom. The third-order valence-electron chi connectivity index (χ3n) is 6.54. The number of esters is 1. The van der Waals surface area contributed by atoms with Gasteiger partial charge in [0.25, 0.3) is 0 Å². The Bertz CT molecular complexity index is 1380. The molecule has 2 fully saturated rings. The minimum atomic E-state index is -4.00. The number of ether oxygens (including phenoxy) is 2. The second-order valence-corrected chi connectivity index (χ2v) is 12.3. The highest BCUT2D eigenvalue weighted by Crippen LogP contribution is 2.46. The monoisotopic (exact) mass is 573 g/mol. The molecular formula is C26H36N7O6P. The van der Waals surface area contributed by atoms with E-state index in [9.17, 15) is 9.36 Å². The van der Waals surface area contributed by atoms with Crippen molar-refractivity contribution < 1.29 is 27.9 Å². The van der Waals surface area contributed by atoms with Crippen LogP contribution in [0.2, 0.25) is 0 Å². The van der Waals surface area contributed by atoms with E-state index in [-0.39, 0.29) is 24.6 Å². The van der Waals surface area contributed by atoms with Gasteiger partial charge in [-0.25, -0.2) is 9.55 Å². The maximum Gasteiger partial charge on any atom is 0.459 e. The van der Waals surface area contributed by atoms with Gasteiger partial charge in [0, 0.05) is 12.0 Å². The van der Waals surface area contributed by atoms with Crippen LogP contribution >= 0.6 is 7.75 Å². The number of nitrogens with one attached hydrogen (secondary N) is 2. The van der Waals surface area contributed by atoms with E-state index in [0.29, 0.717) is 35.2 Å². The van der Waals surface area contributed by atoms with Gasteiger partial charge in [-0.3, -0.25) is 13.9 Å². The first-order chi connectivity index (χ1) is 19.1. The molecule has 0 spiro atoms. The van der Waals surface area contributed by atoms with Gasteiger partial charge < -0.3 is 25.0 Å². The maximum absolute atomic E-state index is 13.8. The summed E-state index contributed by atoms with van der Waals surface area (Å²) < 4.78 is 38.8. The van der Waals surface area contributed by atoms with Crippen molar-refractivity contribution >= 4 is 36.6 Å². The smallest absolute Gasteiger partial charge is 0.459 e. The van der Waals surface area contributed by atoms with Gasteiger partial charge in [-0.1, -0.05) is 25.1 Å². The van der Waals surface area contributed by atoms with Crippen molar-refractivity contribution in [3.63, 3.8) is 0 Å². The van der Waals surface area contributed by atoms with E-state index >= 15 is 0 Å². The van der Waals surface area contributed by atoms with Gasteiger partial charge in [0.2, 0.25) is 5.95 Å². The van der Waals surface area contributed by atoms with Gasteiger partial charge in [-0.2, -0.15) is 15.1 Å². The van der Waals surface area contributed by atoms with Crippen molar-refractivity contribution in [3.05, 3.63) is 36.7 Å². The summed E-state index contributed by atoms with van der Waals surface area (Å²) in [5.41, 5.74) is 7.21. The van der Waals surface area contributed by atoms with Crippen LogP contribution in [0.25, 0.3) is 11.2 Å². The number of hydrogen-bond acceptors (Lipinski definition) is 11. The van der Waals surface area contributed by atoms with Gasteiger partial charge >= 0.3 is 13.7 Å². The van der Waals surface area contributed by atoms with Crippen LogP contribution in [0, 0.1) is 5.92 Å². The average Bonchev–Trinajstić information content (AvgIpc) is 3.49. The molecule has 0 radical (unpaired) electrons. The second-order valence-electron chi connectivity index (χ2n) is 10.6. The van der Waals surface area contributed by atoms with Crippen molar-refractivity contribution in [2.75, 3.05) is 17.7 Å². The molecule has 2 aromatic heterocycles. The summed E-state index contributed by atoms with van der Waals surface area (Å²) in [6.07, 6.45) is 3.33. The molecule has 1 aliphatic carbocycles. The van der Waals surface area contributed by atoms with Crippen LogP contribution in [0.4, 0.5) is 11.8 Å². The average molecular weight is 574 g/mol. The summed E-state index contributed by atoms with van der Waals surface area (Å²) in [6, 6.07) is 8.06. The Hall–Kier alpha value is -3.25. The fraction of sp³-hybridized carbons (Fsp3) is 0.538. The molecule has 13 nitrogen and oxygen atoms in total. The summed E-state index contributed by atoms with van der Waals surface area (Å²) >= 11 is 0. The van der Waals surface area contributed by atoms with Crippen molar-refractivity contribution in [2.45, 2.75) is 77.5 Å². The molecule has 3 heterocycles. The first-order valence-electron chi connectivity index (χ1n) is 13.5. The Kier molecular flexibility index (Phi) is 8.27. The fourth-order valence-electron chi connectivity index (χ4n) is 4.52. The summed E-state index contributed by atoms with van der Waals surface area (Å²) in [6.45, 7) is 7.03. The molecule has 40 heavy (non-hydrogen) atoms. The molecule has 4 N–H and O–H groups in total. The van der Waals surface area contributed by atoms with Crippen molar-refractivity contribution in [3.8, 4) is 5.75 Å². The van der Waals surface area contributed by atoms with Gasteiger partial charge in [0.1, 0.15) is 18.0 Å². The number of rotatable bonds is 12. The van der Waals surface area contributed by atoms with Crippen molar-refractivity contribution in [2.24, 2.45) is 5.92 Å². The number of fused-ring (bicyclic) bond motifs is 1. The minimum absolute atomic E-state index is 0.0395. The zero-order valence-corrected chi connectivity index (χ0v) is 23.9. The molecule has 1 saturated carbocycles. The molecule has 1 saturated heterocycles. The summed E-state index contributed by atoms with van der Waals surface area (Å²) in [5, 5.41) is 6.07. The number of anilines is 2. The van der Waals surface area contributed by atoms with Crippen LogP contribution in [-0.2, 0) is 23.4 Å². The maximum atomic E-state index is 13.8. The quantitative estimate of drug-likeness (QED) is 0.211. The number of nitrogens with zero attached hydrogens (tertiary/aromatic N) is 4. The lowest BCUT2D eigenvalue weighted by Crippen LogP contribution is -2.36. The van der Waals surface area contributed by atoms with Crippen molar-refractivity contribution in [1.29, 1.82) is 0 Å². The zero-order valence-electron chi connectivity index (χ0n) is 23.0. The predicted molar refractivity (Wildman–Crippen MR) is 149 cm³/mol. The summed E-state index contributed by atoms with van der Waals surface area (Å²) in [5.74, 6) is 0.594. The zero-order chi connectivity index (χ0) is 28.4. The van der Waals surface area contributed by atoms with E-state index in [1.165, 1.54) is 0 Å². The number of carbonyl (C=O) groups is 1. The summed E-state index contributed by atoms with van der Waals surface area (Å²) in [4.78, 5) is 25.7. The van der Waals surface area contributed by atoms with Gasteiger partial charge in [-0.05, 0) is 52.2 Å². The van der Waals surface area contributed by atoms with Gasteiger partial charge in [0.15, 0.2) is 17.0 Å². The first kappa shape index (κ1) is 28.3. The largest absolute Gasteiger partial charge is 0.462 e. The number of aromatic nitrogens is 4. The number of benzene rings is 1. The number of nitrogen functional groups attached to an aromatic ring is 1. The highest BCUT2D eigenvalue weighted by Gasteiger charge is 2.39. The van der Waals surface area contributed by atoms with E-state index < -0.39 is 32.1 Å². The Balaban J connectivity index is 1.29. The van der Waals surface area contributed by atoms with E-state index in [0.717, 1.165) is 12.8 Å². The van der Waals surface area contributed by atoms with Crippen molar-refractivity contribution in [1.82, 2.24) is 24.6 Å². The van der Waals surface area contributed by atoms with E-state index in [1.54, 1.807) is 51.4 Å². The molecule has 1 aliphatic heterocycles. The molecular weight excluding hydrogens is 537 g/mol. The number of para-hydroxylation sites is 1. The third-order valence-corrected chi connectivity index (χ3v) is 8.18. The Morgan fingerprint density at radius 2 is 1.98 bits per heavy atom. The molecule has 1 aromatic carbocycles. The van der Waals surface area contributed by atoms with Gasteiger partial charge in [0.05, 0.1) is 25.1 Å². The Labute approximate surface area is 232 Å². The van der Waals surface area contributed by atoms with Crippen LogP contribution in [-0.4, -0.2) is 56.4 Å². The second kappa shape index (κ2) is 11.7. The lowest BCUT2D eigenvalue weighted by molar-refractivity contribution is -0.149. The highest BCUT2D eigenvalue weighted by atomic mass is 31.2. The topological polar surface area (TPSA) is 165 Å². The van der Waals surface area contributed by atoms with E-state index in [2.05, 4.69) is 25.4 Å². The molecule has 5 atom stereocenters. The van der Waals surface area contributed by atoms with E-state index in [4.69, 9.17) is 24.3 Å². The molecule has 2 aliphatic rings. The highest BCUT2D eigenvalue weighted by molar-refractivity contribution is 7.52. The van der Waals surface area contributed by atoms with Crippen LogP contribution < -0.4 is 20.7 Å². The van der Waals surface area contributed by atoms with Crippen LogP contribution in [0.1, 0.15) is 53.2 Å². The summed E-state index contributed by atoms with van der Waals surface area (Å²) in [7, 11) is -4.00.